The molecule has 0 aliphatic carbocycles. The van der Waals surface area contributed by atoms with Gasteiger partial charge in [0.2, 0.25) is 11.8 Å². The van der Waals surface area contributed by atoms with Crippen LogP contribution in [0, 0.1) is 11.8 Å². The van der Waals surface area contributed by atoms with Gasteiger partial charge in [0, 0.05) is 32.8 Å². The number of amides is 2. The second kappa shape index (κ2) is 14.7. The fourth-order valence-corrected chi connectivity index (χ4v) is 4.41. The van der Waals surface area contributed by atoms with Crippen LogP contribution in [0.25, 0.3) is 0 Å². The standard InChI is InChI=1S/C26H44N4O4/c1-8-19(4)25(22(34-7)14-16-31)30(6)23(32)17-28-26(33)24(18(2)3)29(5)15-13-20-9-11-21(27)12-10-20/h9-12,16,18-19,22,24-25H,8,13-15,17,27H2,1-7H3,(H,28,33). The molecule has 8 nitrogen and oxygen atoms in total. The van der Waals surface area contributed by atoms with Crippen molar-refractivity contribution in [2.24, 2.45) is 11.8 Å². The molecule has 192 valence electrons. The lowest BCUT2D eigenvalue weighted by atomic mass is 9.91. The van der Waals surface area contributed by atoms with Gasteiger partial charge in [0.25, 0.3) is 0 Å². The Morgan fingerprint density at radius 2 is 1.76 bits per heavy atom. The lowest BCUT2D eigenvalue weighted by molar-refractivity contribution is -0.139. The minimum atomic E-state index is -0.389. The Morgan fingerprint density at radius 1 is 1.15 bits per heavy atom. The van der Waals surface area contributed by atoms with Crippen LogP contribution in [0.2, 0.25) is 0 Å². The van der Waals surface area contributed by atoms with Crippen LogP contribution >= 0.6 is 0 Å². The molecular weight excluding hydrogens is 432 g/mol. The number of hydrogen-bond donors (Lipinski definition) is 2. The number of nitrogen functional groups attached to an aromatic ring is 1. The summed E-state index contributed by atoms with van der Waals surface area (Å²) in [5.41, 5.74) is 7.63. The van der Waals surface area contributed by atoms with Crippen LogP contribution in [0.5, 0.6) is 0 Å². The zero-order chi connectivity index (χ0) is 25.8. The van der Waals surface area contributed by atoms with Crippen LogP contribution in [-0.4, -0.2) is 80.4 Å². The lowest BCUT2D eigenvalue weighted by Gasteiger charge is -2.37. The Morgan fingerprint density at radius 3 is 2.26 bits per heavy atom. The highest BCUT2D eigenvalue weighted by molar-refractivity contribution is 5.87. The highest BCUT2D eigenvalue weighted by Gasteiger charge is 2.33. The summed E-state index contributed by atoms with van der Waals surface area (Å²) in [5, 5.41) is 2.83. The van der Waals surface area contributed by atoms with Crippen molar-refractivity contribution >= 4 is 23.8 Å². The normalized spacial score (nSPS) is 15.0. The van der Waals surface area contributed by atoms with Gasteiger partial charge in [-0.1, -0.05) is 46.2 Å². The molecule has 0 saturated carbocycles. The number of anilines is 1. The Balaban J connectivity index is 2.78. The molecule has 0 heterocycles. The van der Waals surface area contributed by atoms with E-state index < -0.39 is 0 Å². The average Bonchev–Trinajstić information content (AvgIpc) is 2.81. The molecule has 3 N–H and O–H groups in total. The summed E-state index contributed by atoms with van der Waals surface area (Å²) in [5.74, 6) is -0.175. The van der Waals surface area contributed by atoms with E-state index in [1.807, 2.05) is 63.9 Å². The highest BCUT2D eigenvalue weighted by atomic mass is 16.5. The van der Waals surface area contributed by atoms with Crippen molar-refractivity contribution in [3.05, 3.63) is 29.8 Å². The number of rotatable bonds is 15. The number of aldehydes is 1. The minimum Gasteiger partial charge on any atom is -0.399 e. The van der Waals surface area contributed by atoms with Gasteiger partial charge in [-0.2, -0.15) is 0 Å². The quantitative estimate of drug-likeness (QED) is 0.297. The van der Waals surface area contributed by atoms with E-state index in [9.17, 15) is 14.4 Å². The SMILES string of the molecule is CCC(C)C(C(CC=O)OC)N(C)C(=O)CNC(=O)C(C(C)C)N(C)CCc1ccc(N)cc1. The van der Waals surface area contributed by atoms with Crippen LogP contribution in [-0.2, 0) is 25.5 Å². The van der Waals surface area contributed by atoms with Crippen LogP contribution < -0.4 is 11.1 Å². The number of hydrogen-bond acceptors (Lipinski definition) is 6. The molecule has 2 amide bonds. The van der Waals surface area contributed by atoms with Crippen molar-refractivity contribution in [3.63, 3.8) is 0 Å². The molecular formula is C26H44N4O4. The zero-order valence-electron chi connectivity index (χ0n) is 21.9. The first-order valence-corrected chi connectivity index (χ1v) is 12.1. The van der Waals surface area contributed by atoms with E-state index in [1.165, 1.54) is 0 Å². The fraction of sp³-hybridized carbons (Fsp3) is 0.654. The molecule has 0 aromatic heterocycles. The van der Waals surface area contributed by atoms with E-state index in [4.69, 9.17) is 10.5 Å². The highest BCUT2D eigenvalue weighted by Crippen LogP contribution is 2.21. The zero-order valence-corrected chi connectivity index (χ0v) is 21.9. The lowest BCUT2D eigenvalue weighted by Crippen LogP contribution is -2.54. The van der Waals surface area contributed by atoms with Crippen LogP contribution in [0.1, 0.15) is 46.1 Å². The Kier molecular flexibility index (Phi) is 12.8. The van der Waals surface area contributed by atoms with E-state index in [2.05, 4.69) is 5.32 Å². The van der Waals surface area contributed by atoms with Crippen molar-refractivity contribution in [1.29, 1.82) is 0 Å². The number of methoxy groups -OCH3 is 1. The molecule has 0 saturated heterocycles. The van der Waals surface area contributed by atoms with E-state index in [-0.39, 0.29) is 54.8 Å². The molecule has 34 heavy (non-hydrogen) atoms. The number of ether oxygens (including phenoxy) is 1. The van der Waals surface area contributed by atoms with Crippen LogP contribution in [0.4, 0.5) is 5.69 Å². The van der Waals surface area contributed by atoms with Gasteiger partial charge in [-0.15, -0.1) is 0 Å². The monoisotopic (exact) mass is 476 g/mol. The van der Waals surface area contributed by atoms with E-state index in [0.717, 1.165) is 30.4 Å². The summed E-state index contributed by atoms with van der Waals surface area (Å²) >= 11 is 0. The molecule has 8 heteroatoms. The number of nitrogens with two attached hydrogens (primary N) is 1. The Labute approximate surface area is 205 Å². The number of nitrogens with zero attached hydrogens (tertiary/aromatic N) is 2. The summed E-state index contributed by atoms with van der Waals surface area (Å²) in [6.07, 6.45) is 2.27. The maximum atomic E-state index is 13.1. The number of likely N-dealkylation sites (N-methyl/N-ethyl adjacent to an activating group) is 2. The fourth-order valence-electron chi connectivity index (χ4n) is 4.41. The van der Waals surface area contributed by atoms with Gasteiger partial charge in [-0.05, 0) is 43.0 Å². The first kappa shape index (κ1) is 29.6. The number of nitrogens with one attached hydrogen (secondary N) is 1. The van der Waals surface area contributed by atoms with E-state index in [0.29, 0.717) is 6.54 Å². The molecule has 0 aliphatic rings. The average molecular weight is 477 g/mol. The Bertz CT molecular complexity index is 769. The molecule has 1 rings (SSSR count). The van der Waals surface area contributed by atoms with Gasteiger partial charge in [-0.25, -0.2) is 0 Å². The first-order chi connectivity index (χ1) is 16.1. The van der Waals surface area contributed by atoms with Gasteiger partial charge in [0.05, 0.1) is 24.7 Å². The first-order valence-electron chi connectivity index (χ1n) is 12.1. The number of carbonyl (C=O) groups is 3. The molecule has 4 unspecified atom stereocenters. The summed E-state index contributed by atoms with van der Waals surface area (Å²) in [6, 6.07) is 7.12. The van der Waals surface area contributed by atoms with Gasteiger partial charge in [0.15, 0.2) is 0 Å². The van der Waals surface area contributed by atoms with Crippen molar-refractivity contribution in [2.45, 2.75) is 65.1 Å². The van der Waals surface area contributed by atoms with Gasteiger partial charge < -0.3 is 25.5 Å². The van der Waals surface area contributed by atoms with Gasteiger partial charge in [0.1, 0.15) is 6.29 Å². The van der Waals surface area contributed by atoms with Crippen molar-refractivity contribution in [2.75, 3.05) is 40.0 Å². The molecule has 1 aromatic carbocycles. The van der Waals surface area contributed by atoms with Crippen LogP contribution in [0.3, 0.4) is 0 Å². The number of benzene rings is 1. The van der Waals surface area contributed by atoms with Gasteiger partial charge in [-0.3, -0.25) is 14.5 Å². The predicted octanol–water partition coefficient (Wildman–Crippen LogP) is 2.36. The predicted molar refractivity (Wildman–Crippen MR) is 136 cm³/mol. The topological polar surface area (TPSA) is 105 Å². The largest absolute Gasteiger partial charge is 0.399 e. The maximum absolute atomic E-state index is 13.1. The summed E-state index contributed by atoms with van der Waals surface area (Å²) in [7, 11) is 5.19. The van der Waals surface area contributed by atoms with Gasteiger partial charge >= 0.3 is 0 Å². The van der Waals surface area contributed by atoms with Crippen molar-refractivity contribution in [1.82, 2.24) is 15.1 Å². The van der Waals surface area contributed by atoms with Crippen molar-refractivity contribution < 1.29 is 19.1 Å². The summed E-state index contributed by atoms with van der Waals surface area (Å²) in [6.45, 7) is 8.67. The second-order valence-electron chi connectivity index (χ2n) is 9.44. The molecule has 1 aromatic rings. The van der Waals surface area contributed by atoms with E-state index >= 15 is 0 Å². The maximum Gasteiger partial charge on any atom is 0.242 e. The molecule has 0 spiro atoms. The third-order valence-electron chi connectivity index (χ3n) is 6.60. The second-order valence-corrected chi connectivity index (χ2v) is 9.44. The molecule has 0 bridgehead atoms. The molecule has 4 atom stereocenters. The molecule has 0 fully saturated rings. The van der Waals surface area contributed by atoms with Crippen molar-refractivity contribution in [3.8, 4) is 0 Å². The molecule has 0 radical (unpaired) electrons. The molecule has 0 aliphatic heterocycles. The summed E-state index contributed by atoms with van der Waals surface area (Å²) < 4.78 is 5.52. The number of carbonyl (C=O) groups excluding carboxylic acids is 3. The summed E-state index contributed by atoms with van der Waals surface area (Å²) in [4.78, 5) is 40.8. The minimum absolute atomic E-state index is 0.0718. The third-order valence-corrected chi connectivity index (χ3v) is 6.60. The third kappa shape index (κ3) is 8.72. The van der Waals surface area contributed by atoms with Crippen LogP contribution in [0.15, 0.2) is 24.3 Å². The smallest absolute Gasteiger partial charge is 0.242 e. The Hall–Kier alpha value is -2.45. The van der Waals surface area contributed by atoms with E-state index in [1.54, 1.807) is 19.1 Å².